The predicted octanol–water partition coefficient (Wildman–Crippen LogP) is 5.11. The summed E-state index contributed by atoms with van der Waals surface area (Å²) in [6, 6.07) is 23.7. The van der Waals surface area contributed by atoms with Crippen molar-refractivity contribution in [3.8, 4) is 5.75 Å². The highest BCUT2D eigenvalue weighted by molar-refractivity contribution is 6.16. The van der Waals surface area contributed by atoms with Gasteiger partial charge in [0.25, 0.3) is 5.91 Å². The van der Waals surface area contributed by atoms with E-state index in [1.54, 1.807) is 19.2 Å². The van der Waals surface area contributed by atoms with Gasteiger partial charge < -0.3 is 9.84 Å². The minimum absolute atomic E-state index is 0.125. The van der Waals surface area contributed by atoms with Crippen molar-refractivity contribution in [3.63, 3.8) is 0 Å². The lowest BCUT2D eigenvalue weighted by Gasteiger charge is -2.27. The summed E-state index contributed by atoms with van der Waals surface area (Å²) in [4.78, 5) is 28.0. The van der Waals surface area contributed by atoms with Crippen LogP contribution in [0, 0.1) is 6.92 Å². The molecular weight excluding hydrogens is 402 g/mol. The Morgan fingerprint density at radius 3 is 2.41 bits per heavy atom. The van der Waals surface area contributed by atoms with E-state index in [4.69, 9.17) is 4.74 Å². The number of rotatable bonds is 7. The molecule has 0 bridgehead atoms. The van der Waals surface area contributed by atoms with Crippen LogP contribution < -0.4 is 9.64 Å². The maximum Gasteiger partial charge on any atom is 0.294 e. The van der Waals surface area contributed by atoms with Crippen LogP contribution in [0.25, 0.3) is 0 Å². The first-order valence-corrected chi connectivity index (χ1v) is 10.5. The van der Waals surface area contributed by atoms with Gasteiger partial charge in [-0.05, 0) is 48.7 Å². The van der Waals surface area contributed by atoms with Gasteiger partial charge in [0.15, 0.2) is 11.5 Å². The fraction of sp³-hybridized carbons (Fsp3) is 0.185. The van der Waals surface area contributed by atoms with Crippen LogP contribution in [-0.2, 0) is 16.0 Å². The van der Waals surface area contributed by atoms with Gasteiger partial charge in [-0.25, -0.2) is 0 Å². The first kappa shape index (κ1) is 21.4. The number of anilines is 1. The monoisotopic (exact) mass is 427 g/mol. The van der Waals surface area contributed by atoms with Crippen LogP contribution in [0.15, 0.2) is 90.2 Å². The largest absolute Gasteiger partial charge is 0.503 e. The summed E-state index contributed by atoms with van der Waals surface area (Å²) in [5.74, 6) is -0.704. The highest BCUT2D eigenvalue weighted by Crippen LogP contribution is 2.42. The zero-order valence-corrected chi connectivity index (χ0v) is 18.1. The Morgan fingerprint density at radius 1 is 1.00 bits per heavy atom. The van der Waals surface area contributed by atoms with E-state index < -0.39 is 17.7 Å². The van der Waals surface area contributed by atoms with Crippen molar-refractivity contribution in [3.05, 3.63) is 107 Å². The lowest BCUT2D eigenvalue weighted by molar-refractivity contribution is -0.118. The van der Waals surface area contributed by atoms with E-state index in [1.165, 1.54) is 4.90 Å². The third-order valence-corrected chi connectivity index (χ3v) is 5.71. The summed E-state index contributed by atoms with van der Waals surface area (Å²) in [6.07, 6.45) is 0.721. The molecule has 3 aromatic carbocycles. The minimum atomic E-state index is -0.733. The lowest BCUT2D eigenvalue weighted by atomic mass is 9.93. The summed E-state index contributed by atoms with van der Waals surface area (Å²) in [5.41, 5.74) is 3.52. The third kappa shape index (κ3) is 4.14. The Bertz CT molecular complexity index is 1170. The maximum absolute atomic E-state index is 13.3. The van der Waals surface area contributed by atoms with Gasteiger partial charge >= 0.3 is 0 Å². The number of aryl methyl sites for hydroxylation is 2. The van der Waals surface area contributed by atoms with Crippen LogP contribution in [0.5, 0.6) is 5.75 Å². The van der Waals surface area contributed by atoms with Gasteiger partial charge in [0.05, 0.1) is 18.7 Å². The number of aliphatic hydroxyl groups excluding tert-OH is 1. The lowest BCUT2D eigenvalue weighted by Crippen LogP contribution is -2.31. The summed E-state index contributed by atoms with van der Waals surface area (Å²) in [7, 11) is 1.57. The second-order valence-corrected chi connectivity index (χ2v) is 7.86. The molecule has 0 spiro atoms. The Hall–Kier alpha value is -3.86. The molecule has 4 rings (SSSR count). The smallest absolute Gasteiger partial charge is 0.294 e. The van der Waals surface area contributed by atoms with Gasteiger partial charge in [-0.15, -0.1) is 0 Å². The van der Waals surface area contributed by atoms with Gasteiger partial charge in [0.1, 0.15) is 5.75 Å². The quantitative estimate of drug-likeness (QED) is 0.569. The molecule has 1 aliphatic rings. The summed E-state index contributed by atoms with van der Waals surface area (Å²) in [6.45, 7) is 1.96. The Kier molecular flexibility index (Phi) is 6.08. The molecular formula is C27H25NO4. The molecule has 0 saturated carbocycles. The fourth-order valence-electron chi connectivity index (χ4n) is 4.03. The van der Waals surface area contributed by atoms with E-state index in [-0.39, 0.29) is 17.8 Å². The number of benzene rings is 3. The van der Waals surface area contributed by atoms with Crippen LogP contribution in [-0.4, -0.2) is 23.9 Å². The average molecular weight is 428 g/mol. The SMILES string of the molecule is COc1cccc(C2C(C(=O)CCc3ccccc3)=C(O)C(=O)N2c2ccc(C)cc2)c1. The van der Waals surface area contributed by atoms with Crippen LogP contribution in [0.2, 0.25) is 0 Å². The molecule has 0 saturated heterocycles. The molecule has 3 aromatic rings. The van der Waals surface area contributed by atoms with Gasteiger partial charge in [-0.3, -0.25) is 14.5 Å². The first-order chi connectivity index (χ1) is 15.5. The zero-order valence-electron chi connectivity index (χ0n) is 18.1. The number of ether oxygens (including phenoxy) is 1. The molecule has 1 heterocycles. The predicted molar refractivity (Wildman–Crippen MR) is 124 cm³/mol. The number of aliphatic hydroxyl groups is 1. The molecule has 1 unspecified atom stereocenters. The van der Waals surface area contributed by atoms with Crippen LogP contribution >= 0.6 is 0 Å². The maximum atomic E-state index is 13.3. The molecule has 1 aliphatic heterocycles. The number of amides is 1. The third-order valence-electron chi connectivity index (χ3n) is 5.71. The van der Waals surface area contributed by atoms with Crippen LogP contribution in [0.3, 0.4) is 0 Å². The average Bonchev–Trinajstić information content (AvgIpc) is 3.09. The number of carbonyl (C=O) groups excluding carboxylic acids is 2. The number of nitrogens with zero attached hydrogens (tertiary/aromatic N) is 1. The van der Waals surface area contributed by atoms with E-state index in [2.05, 4.69) is 0 Å². The molecule has 1 amide bonds. The molecule has 0 aromatic heterocycles. The topological polar surface area (TPSA) is 66.8 Å². The molecule has 5 nitrogen and oxygen atoms in total. The molecule has 162 valence electrons. The standard InChI is InChI=1S/C27H25NO4/c1-18-11-14-21(15-12-18)28-25(20-9-6-10-22(17-20)32-2)24(26(30)27(28)31)23(29)16-13-19-7-4-3-5-8-19/h3-12,14-15,17,25,30H,13,16H2,1-2H3. The van der Waals surface area contributed by atoms with Crippen molar-refractivity contribution < 1.29 is 19.4 Å². The van der Waals surface area contributed by atoms with Gasteiger partial charge in [-0.2, -0.15) is 0 Å². The molecule has 0 aliphatic carbocycles. The summed E-state index contributed by atoms with van der Waals surface area (Å²) < 4.78 is 5.36. The van der Waals surface area contributed by atoms with E-state index in [9.17, 15) is 14.7 Å². The van der Waals surface area contributed by atoms with Crippen LogP contribution in [0.4, 0.5) is 5.69 Å². The highest BCUT2D eigenvalue weighted by Gasteiger charge is 2.44. The first-order valence-electron chi connectivity index (χ1n) is 10.5. The number of carbonyl (C=O) groups is 2. The van der Waals surface area contributed by atoms with Crippen LogP contribution in [0.1, 0.15) is 29.2 Å². The molecule has 1 atom stereocenters. The second-order valence-electron chi connectivity index (χ2n) is 7.86. The van der Waals surface area contributed by atoms with Crippen molar-refractivity contribution in [1.82, 2.24) is 0 Å². The normalized spacial score (nSPS) is 15.9. The number of methoxy groups -OCH3 is 1. The highest BCUT2D eigenvalue weighted by atomic mass is 16.5. The molecule has 0 fully saturated rings. The summed E-state index contributed by atoms with van der Waals surface area (Å²) in [5, 5.41) is 10.8. The van der Waals surface area contributed by atoms with Crippen molar-refractivity contribution in [2.24, 2.45) is 0 Å². The molecule has 5 heteroatoms. The van der Waals surface area contributed by atoms with E-state index in [0.717, 1.165) is 11.1 Å². The van der Waals surface area contributed by atoms with Gasteiger partial charge in [-0.1, -0.05) is 60.2 Å². The van der Waals surface area contributed by atoms with E-state index in [0.29, 0.717) is 23.4 Å². The number of ketones is 1. The minimum Gasteiger partial charge on any atom is -0.503 e. The Balaban J connectivity index is 1.74. The fourth-order valence-corrected chi connectivity index (χ4v) is 4.03. The van der Waals surface area contributed by atoms with Crippen molar-refractivity contribution in [1.29, 1.82) is 0 Å². The van der Waals surface area contributed by atoms with E-state index >= 15 is 0 Å². The second kappa shape index (κ2) is 9.10. The zero-order chi connectivity index (χ0) is 22.7. The molecule has 1 N–H and O–H groups in total. The van der Waals surface area contributed by atoms with Gasteiger partial charge in [0, 0.05) is 12.1 Å². The number of hydrogen-bond acceptors (Lipinski definition) is 4. The molecule has 32 heavy (non-hydrogen) atoms. The molecule has 0 radical (unpaired) electrons. The van der Waals surface area contributed by atoms with Crippen molar-refractivity contribution >= 4 is 17.4 Å². The van der Waals surface area contributed by atoms with Gasteiger partial charge in [0.2, 0.25) is 0 Å². The Morgan fingerprint density at radius 2 is 1.72 bits per heavy atom. The number of Topliss-reactive ketones (excluding diaryl/α,β-unsaturated/α-hetero) is 1. The summed E-state index contributed by atoms with van der Waals surface area (Å²) >= 11 is 0. The Labute approximate surface area is 187 Å². The van der Waals surface area contributed by atoms with E-state index in [1.807, 2.05) is 73.7 Å². The van der Waals surface area contributed by atoms with Crippen molar-refractivity contribution in [2.75, 3.05) is 12.0 Å². The van der Waals surface area contributed by atoms with Crippen molar-refractivity contribution in [2.45, 2.75) is 25.8 Å². The number of hydrogen-bond donors (Lipinski definition) is 1.